The summed E-state index contributed by atoms with van der Waals surface area (Å²) in [6.45, 7) is 39.4. The van der Waals surface area contributed by atoms with Gasteiger partial charge in [-0.1, -0.05) is 0 Å². The molecule has 0 aromatic carbocycles. The Morgan fingerprint density at radius 2 is 0.281 bits per heavy atom. The molecule has 12 aliphatic rings. The summed E-state index contributed by atoms with van der Waals surface area (Å²) < 4.78 is 70.8. The molecular weight excluding hydrogens is 852 g/mol. The van der Waals surface area contributed by atoms with E-state index >= 15 is 0 Å². The summed E-state index contributed by atoms with van der Waals surface area (Å²) in [5, 5.41) is 0. The standard InChI is InChI=1S/4C9H18N3OP.Cu/c4*1-7-4-10(7)14(13,11-5-8(11)2)12-6-9(12)3;/h4*7-9H,4-6H2,1-3H3;/q;;;;+2/p+4. The van der Waals surface area contributed by atoms with E-state index in [1.807, 2.05) is 0 Å². The first-order valence-electron chi connectivity index (χ1n) is 21.9. The molecule has 12 aliphatic heterocycles. The van der Waals surface area contributed by atoms with Crippen LogP contribution in [0.1, 0.15) is 83.1 Å². The van der Waals surface area contributed by atoms with Crippen molar-refractivity contribution >= 4 is 30.4 Å². The van der Waals surface area contributed by atoms with E-state index in [1.165, 1.54) is 0 Å². The summed E-state index contributed by atoms with van der Waals surface area (Å²) in [6, 6.07) is 7.10. The van der Waals surface area contributed by atoms with Crippen LogP contribution in [0.25, 0.3) is 0 Å². The summed E-state index contributed by atoms with van der Waals surface area (Å²) in [7, 11) is -8.08. The Kier molecular flexibility index (Phi) is 11.7. The third-order valence-electron chi connectivity index (χ3n) is 14.1. The molecule has 0 spiro atoms. The summed E-state index contributed by atoms with van der Waals surface area (Å²) in [4.78, 5) is 0. The van der Waals surface area contributed by atoms with Crippen LogP contribution in [0, 0.1) is 0 Å². The quantitative estimate of drug-likeness (QED) is 0.118. The topological polar surface area (TPSA) is 122 Å². The van der Waals surface area contributed by atoms with Crippen molar-refractivity contribution in [2.75, 3.05) is 78.5 Å². The van der Waals surface area contributed by atoms with Gasteiger partial charge in [0, 0.05) is 151 Å². The molecule has 4 N–H and O–H groups in total. The van der Waals surface area contributed by atoms with Crippen molar-refractivity contribution in [2.45, 2.75) is 156 Å². The first kappa shape index (κ1) is 44.6. The molecule has 12 rings (SSSR count). The van der Waals surface area contributed by atoms with Gasteiger partial charge < -0.3 is 0 Å². The average molecular weight is 929 g/mol. The van der Waals surface area contributed by atoms with E-state index in [1.54, 1.807) is 0 Å². The maximum absolute atomic E-state index is 10.8. The molecule has 0 aromatic heterocycles. The van der Waals surface area contributed by atoms with Gasteiger partial charge in [0.05, 0.1) is 0 Å². The Morgan fingerprint density at radius 3 is 0.316 bits per heavy atom. The van der Waals surface area contributed by atoms with E-state index in [-0.39, 0.29) is 17.1 Å². The van der Waals surface area contributed by atoms with Gasteiger partial charge in [-0.15, -0.1) is 0 Å². The van der Waals surface area contributed by atoms with Crippen LogP contribution in [0.4, 0.5) is 0 Å². The Hall–Kier alpha value is 0.959. The van der Waals surface area contributed by atoms with Gasteiger partial charge in [-0.25, -0.2) is 0 Å². The number of hydrogen-bond acceptors (Lipinski definition) is 0. The molecule has 12 heterocycles. The number of nitrogens with zero attached hydrogens (tertiary/aromatic N) is 12. The van der Waals surface area contributed by atoms with E-state index < -0.39 is 30.4 Å². The van der Waals surface area contributed by atoms with Crippen molar-refractivity contribution in [2.24, 2.45) is 0 Å². The van der Waals surface area contributed by atoms with Crippen molar-refractivity contribution in [1.82, 2.24) is 56.0 Å². The van der Waals surface area contributed by atoms with Crippen molar-refractivity contribution in [3.05, 3.63) is 0 Å². The molecule has 0 saturated carbocycles. The van der Waals surface area contributed by atoms with Crippen molar-refractivity contribution < 1.29 is 35.3 Å². The van der Waals surface area contributed by atoms with Crippen LogP contribution >= 0.6 is 30.4 Å². The third kappa shape index (κ3) is 8.19. The zero-order chi connectivity index (χ0) is 40.3. The zero-order valence-corrected chi connectivity index (χ0v) is 41.2. The fourth-order valence-electron chi connectivity index (χ4n) is 8.94. The number of hydrogen-bond donors (Lipinski definition) is 0. The second-order valence-corrected chi connectivity index (χ2v) is 30.3. The first-order valence-corrected chi connectivity index (χ1v) is 28.3. The predicted octanol–water partition coefficient (Wildman–Crippen LogP) is 4.59. The molecule has 329 valence electrons. The SMILES string of the molecule is CC1CN1P(=[OH+])(N1CC1C)N1CC1C.CC1CN1P(=[OH+])(N1CC1C)N1CC1C.CC1CN1P(=[OH+])(N1CC1C)N1CC1C.CC1CN1P(=[OH+])(N1CC1C)N1CC1C.[Cu+2]. The fraction of sp³-hybridized carbons (Fsp3) is 1.00. The van der Waals surface area contributed by atoms with Gasteiger partial charge in [-0.3, -0.25) is 18.3 Å². The molecule has 16 nitrogen and oxygen atoms in total. The molecule has 57 heavy (non-hydrogen) atoms. The molecule has 0 bridgehead atoms. The first-order chi connectivity index (χ1) is 26.2. The van der Waals surface area contributed by atoms with Crippen LogP contribution in [-0.4, -0.2) is 225 Å². The molecule has 21 heteroatoms. The molecule has 0 aliphatic carbocycles. The zero-order valence-electron chi connectivity index (χ0n) is 36.7. The summed E-state index contributed by atoms with van der Waals surface area (Å²) in [6.07, 6.45) is 0. The van der Waals surface area contributed by atoms with Crippen LogP contribution in [0.5, 0.6) is 0 Å². The van der Waals surface area contributed by atoms with Gasteiger partial charge in [-0.2, -0.15) is 56.0 Å². The predicted molar refractivity (Wildman–Crippen MR) is 229 cm³/mol. The Labute approximate surface area is 354 Å². The maximum atomic E-state index is 10.8. The van der Waals surface area contributed by atoms with E-state index in [2.05, 4.69) is 139 Å². The van der Waals surface area contributed by atoms with Crippen LogP contribution in [0.2, 0.25) is 0 Å². The molecule has 24 unspecified atom stereocenters. The molecule has 12 fully saturated rings. The molecule has 0 aromatic rings. The van der Waals surface area contributed by atoms with Gasteiger partial charge in [0.1, 0.15) is 0 Å². The maximum Gasteiger partial charge on any atom is 2.00 e. The van der Waals surface area contributed by atoms with Crippen LogP contribution < -0.4 is 0 Å². The summed E-state index contributed by atoms with van der Waals surface area (Å²) >= 11 is 0. The van der Waals surface area contributed by atoms with Gasteiger partial charge in [0.2, 0.25) is 0 Å². The molecular formula is C36H76CuN12O4P4+6. The van der Waals surface area contributed by atoms with E-state index in [0.717, 1.165) is 78.5 Å². The molecule has 1 radical (unpaired) electrons. The van der Waals surface area contributed by atoms with Crippen molar-refractivity contribution in [3.63, 3.8) is 0 Å². The molecule has 24 atom stereocenters. The molecule has 12 saturated heterocycles. The Balaban J connectivity index is 0.000000106. The van der Waals surface area contributed by atoms with Gasteiger partial charge in [0.25, 0.3) is 0 Å². The fourth-order valence-corrected chi connectivity index (χ4v) is 24.3. The van der Waals surface area contributed by atoms with Crippen LogP contribution in [0.15, 0.2) is 0 Å². The van der Waals surface area contributed by atoms with Crippen LogP contribution in [-0.2, 0) is 17.1 Å². The average Bonchev–Trinajstić information content (AvgIpc) is 3.89. The monoisotopic (exact) mass is 927 g/mol. The number of rotatable bonds is 12. The van der Waals surface area contributed by atoms with E-state index in [4.69, 9.17) is 0 Å². The summed E-state index contributed by atoms with van der Waals surface area (Å²) in [5.41, 5.74) is 0. The van der Waals surface area contributed by atoms with Crippen molar-refractivity contribution in [3.8, 4) is 0 Å². The van der Waals surface area contributed by atoms with E-state index in [0.29, 0.717) is 72.5 Å². The third-order valence-corrected chi connectivity index (χ3v) is 29.0. The second kappa shape index (κ2) is 15.0. The largest absolute Gasteiger partial charge is 2.00 e. The van der Waals surface area contributed by atoms with Gasteiger partial charge in [-0.05, 0) is 83.1 Å². The molecule has 0 amide bonds. The van der Waals surface area contributed by atoms with Crippen LogP contribution in [0.3, 0.4) is 0 Å². The Bertz CT molecular complexity index is 1350. The van der Waals surface area contributed by atoms with Gasteiger partial charge >= 0.3 is 47.4 Å². The summed E-state index contributed by atoms with van der Waals surface area (Å²) in [5.74, 6) is 0. The van der Waals surface area contributed by atoms with Crippen molar-refractivity contribution in [1.29, 1.82) is 0 Å². The van der Waals surface area contributed by atoms with Gasteiger partial charge in [0.15, 0.2) is 0 Å². The smallest absolute Gasteiger partial charge is 0.277 e. The normalized spacial score (nSPS) is 58.0. The minimum Gasteiger partial charge on any atom is -0.277 e. The minimum atomic E-state index is -2.02. The second-order valence-electron chi connectivity index (χ2n) is 19.8. The van der Waals surface area contributed by atoms with E-state index in [9.17, 15) is 18.3 Å². The minimum absolute atomic E-state index is 0. The Morgan fingerprint density at radius 1 is 0.228 bits per heavy atom.